The number of halogens is 1. The molecule has 0 aliphatic carbocycles. The lowest BCUT2D eigenvalue weighted by Gasteiger charge is -2.21. The van der Waals surface area contributed by atoms with Crippen molar-refractivity contribution in [1.29, 1.82) is 0 Å². The maximum absolute atomic E-state index is 12.0. The third kappa shape index (κ3) is 2.56. The highest BCUT2D eigenvalue weighted by atomic mass is 79.9. The van der Waals surface area contributed by atoms with E-state index in [4.69, 9.17) is 0 Å². The van der Waals surface area contributed by atoms with Crippen molar-refractivity contribution in [2.24, 2.45) is 0 Å². The van der Waals surface area contributed by atoms with Crippen LogP contribution in [0.4, 0.5) is 5.69 Å². The number of benzene rings is 1. The van der Waals surface area contributed by atoms with Gasteiger partial charge in [0.05, 0.1) is 11.4 Å². The monoisotopic (exact) mass is 304 g/mol. The molecule has 4 nitrogen and oxygen atoms in total. The van der Waals surface area contributed by atoms with E-state index in [2.05, 4.69) is 21.2 Å². The lowest BCUT2D eigenvalue weighted by Crippen LogP contribution is -2.33. The van der Waals surface area contributed by atoms with Crippen LogP contribution in [-0.4, -0.2) is 33.8 Å². The second-order valence-electron chi connectivity index (χ2n) is 3.61. The Hall–Kier alpha value is -0.590. The molecule has 2 rings (SSSR count). The first-order chi connectivity index (χ1) is 7.59. The van der Waals surface area contributed by atoms with E-state index in [9.17, 15) is 8.42 Å². The third-order valence-corrected chi connectivity index (χ3v) is 4.79. The van der Waals surface area contributed by atoms with Crippen LogP contribution < -0.4 is 9.62 Å². The Morgan fingerprint density at radius 2 is 1.88 bits per heavy atom. The second-order valence-corrected chi connectivity index (χ2v) is 6.54. The molecule has 0 aromatic heterocycles. The Labute approximate surface area is 104 Å². The summed E-state index contributed by atoms with van der Waals surface area (Å²) in [4.78, 5) is 0. The fraction of sp³-hybridized carbons (Fsp3) is 0.400. The fourth-order valence-electron chi connectivity index (χ4n) is 1.65. The van der Waals surface area contributed by atoms with Gasteiger partial charge in [0.25, 0.3) is 0 Å². The molecule has 1 saturated heterocycles. The summed E-state index contributed by atoms with van der Waals surface area (Å²) in [6.07, 6.45) is 0. The summed E-state index contributed by atoms with van der Waals surface area (Å²) in [6.45, 7) is 1.70. The van der Waals surface area contributed by atoms with E-state index < -0.39 is 10.0 Å². The minimum atomic E-state index is -3.17. The van der Waals surface area contributed by atoms with Crippen LogP contribution in [0, 0.1) is 0 Å². The van der Waals surface area contributed by atoms with Crippen LogP contribution in [0.15, 0.2) is 28.7 Å². The molecule has 1 aliphatic rings. The first-order valence-electron chi connectivity index (χ1n) is 5.06. The topological polar surface area (TPSA) is 49.4 Å². The van der Waals surface area contributed by atoms with Gasteiger partial charge >= 0.3 is 0 Å². The normalized spacial score (nSPS) is 20.4. The van der Waals surface area contributed by atoms with Crippen molar-refractivity contribution < 1.29 is 8.42 Å². The van der Waals surface area contributed by atoms with E-state index in [-0.39, 0.29) is 5.75 Å². The van der Waals surface area contributed by atoms with Crippen LogP contribution in [0.5, 0.6) is 0 Å². The molecule has 1 fully saturated rings. The van der Waals surface area contributed by atoms with Gasteiger partial charge in [-0.25, -0.2) is 8.42 Å². The molecule has 1 N–H and O–H groups in total. The van der Waals surface area contributed by atoms with Gasteiger partial charge in [-0.15, -0.1) is 0 Å². The Morgan fingerprint density at radius 3 is 2.56 bits per heavy atom. The van der Waals surface area contributed by atoms with Crippen molar-refractivity contribution in [3.8, 4) is 0 Å². The summed E-state index contributed by atoms with van der Waals surface area (Å²) in [5.41, 5.74) is 0.729. The molecule has 6 heteroatoms. The van der Waals surface area contributed by atoms with E-state index in [0.29, 0.717) is 19.6 Å². The van der Waals surface area contributed by atoms with Crippen LogP contribution in [-0.2, 0) is 10.0 Å². The highest BCUT2D eigenvalue weighted by Crippen LogP contribution is 2.21. The average molecular weight is 305 g/mol. The molecular formula is C10H13BrN2O2S. The first-order valence-corrected chi connectivity index (χ1v) is 7.46. The molecule has 0 bridgehead atoms. The third-order valence-electron chi connectivity index (χ3n) is 2.48. The number of nitrogens with one attached hydrogen (secondary N) is 1. The molecule has 16 heavy (non-hydrogen) atoms. The summed E-state index contributed by atoms with van der Waals surface area (Å²) in [5.74, 6) is 0.156. The van der Waals surface area contributed by atoms with E-state index in [1.807, 2.05) is 24.3 Å². The second kappa shape index (κ2) is 4.73. The molecule has 0 spiro atoms. The number of hydrogen-bond acceptors (Lipinski definition) is 3. The maximum Gasteiger partial charge on any atom is 0.236 e. The van der Waals surface area contributed by atoms with Crippen molar-refractivity contribution >= 4 is 31.6 Å². The molecule has 1 aromatic carbocycles. The largest absolute Gasteiger partial charge is 0.314 e. The van der Waals surface area contributed by atoms with Gasteiger partial charge in [0.2, 0.25) is 10.0 Å². The summed E-state index contributed by atoms with van der Waals surface area (Å²) in [5, 5.41) is 3.08. The summed E-state index contributed by atoms with van der Waals surface area (Å²) < 4.78 is 26.3. The first kappa shape index (κ1) is 11.9. The zero-order valence-corrected chi connectivity index (χ0v) is 11.1. The standard InChI is InChI=1S/C10H13BrN2O2S/c11-9-1-3-10(4-2-9)13-7-5-12-6-8-16(13,14)15/h1-4,12H,5-8H2. The maximum atomic E-state index is 12.0. The van der Waals surface area contributed by atoms with Crippen LogP contribution in [0.1, 0.15) is 0 Å². The molecule has 0 saturated carbocycles. The van der Waals surface area contributed by atoms with Crippen molar-refractivity contribution in [3.05, 3.63) is 28.7 Å². The molecular weight excluding hydrogens is 292 g/mol. The van der Waals surface area contributed by atoms with Crippen LogP contribution in [0.3, 0.4) is 0 Å². The molecule has 1 aromatic rings. The van der Waals surface area contributed by atoms with Crippen molar-refractivity contribution in [1.82, 2.24) is 5.32 Å². The zero-order valence-electron chi connectivity index (χ0n) is 8.69. The quantitative estimate of drug-likeness (QED) is 0.848. The Morgan fingerprint density at radius 1 is 1.19 bits per heavy atom. The van der Waals surface area contributed by atoms with Gasteiger partial charge in [-0.05, 0) is 24.3 Å². The van der Waals surface area contributed by atoms with Crippen molar-refractivity contribution in [2.45, 2.75) is 0 Å². The lowest BCUT2D eigenvalue weighted by atomic mass is 10.3. The summed E-state index contributed by atoms with van der Waals surface area (Å²) in [7, 11) is -3.17. The number of hydrogen-bond donors (Lipinski definition) is 1. The molecule has 0 radical (unpaired) electrons. The Balaban J connectivity index is 2.33. The smallest absolute Gasteiger partial charge is 0.236 e. The minimum absolute atomic E-state index is 0.156. The number of rotatable bonds is 1. The van der Waals surface area contributed by atoms with Gasteiger partial charge in [-0.2, -0.15) is 0 Å². The Kier molecular flexibility index (Phi) is 3.51. The molecule has 0 atom stereocenters. The zero-order chi connectivity index (χ0) is 11.6. The molecule has 0 amide bonds. The SMILES string of the molecule is O=S1(=O)CCNCCN1c1ccc(Br)cc1. The average Bonchev–Trinajstić information content (AvgIpc) is 2.41. The van der Waals surface area contributed by atoms with E-state index >= 15 is 0 Å². The van der Waals surface area contributed by atoms with Crippen LogP contribution in [0.25, 0.3) is 0 Å². The van der Waals surface area contributed by atoms with Crippen molar-refractivity contribution in [3.63, 3.8) is 0 Å². The minimum Gasteiger partial charge on any atom is -0.314 e. The summed E-state index contributed by atoms with van der Waals surface area (Å²) >= 11 is 3.33. The van der Waals surface area contributed by atoms with Gasteiger partial charge in [0.15, 0.2) is 0 Å². The highest BCUT2D eigenvalue weighted by Gasteiger charge is 2.23. The van der Waals surface area contributed by atoms with Gasteiger partial charge in [-0.3, -0.25) is 4.31 Å². The van der Waals surface area contributed by atoms with Gasteiger partial charge in [0.1, 0.15) is 0 Å². The predicted molar refractivity (Wildman–Crippen MR) is 68.1 cm³/mol. The van der Waals surface area contributed by atoms with Crippen molar-refractivity contribution in [2.75, 3.05) is 29.7 Å². The predicted octanol–water partition coefficient (Wildman–Crippen LogP) is 1.19. The summed E-state index contributed by atoms with van der Waals surface area (Å²) in [6, 6.07) is 7.33. The van der Waals surface area contributed by atoms with Gasteiger partial charge < -0.3 is 5.32 Å². The number of anilines is 1. The number of sulfonamides is 1. The molecule has 1 heterocycles. The van der Waals surface area contributed by atoms with E-state index in [1.165, 1.54) is 4.31 Å². The van der Waals surface area contributed by atoms with Crippen LogP contribution >= 0.6 is 15.9 Å². The van der Waals surface area contributed by atoms with E-state index in [0.717, 1.165) is 10.2 Å². The Bertz CT molecular complexity index is 458. The van der Waals surface area contributed by atoms with E-state index in [1.54, 1.807) is 0 Å². The molecule has 1 aliphatic heterocycles. The molecule has 0 unspecified atom stereocenters. The van der Waals surface area contributed by atoms with Gasteiger partial charge in [0, 0.05) is 24.1 Å². The fourth-order valence-corrected chi connectivity index (χ4v) is 3.35. The van der Waals surface area contributed by atoms with Gasteiger partial charge in [-0.1, -0.05) is 15.9 Å². The lowest BCUT2D eigenvalue weighted by molar-refractivity contribution is 0.594. The molecule has 88 valence electrons. The number of nitrogens with zero attached hydrogens (tertiary/aromatic N) is 1. The van der Waals surface area contributed by atoms with Crippen LogP contribution in [0.2, 0.25) is 0 Å². The highest BCUT2D eigenvalue weighted by molar-refractivity contribution is 9.10.